The third-order valence-electron chi connectivity index (χ3n) is 5.29. The van der Waals surface area contributed by atoms with E-state index in [1.54, 1.807) is 6.20 Å². The fourth-order valence-electron chi connectivity index (χ4n) is 3.55. The molecular formula is C22H27N3O2. The summed E-state index contributed by atoms with van der Waals surface area (Å²) in [5.74, 6) is 0.0910. The number of pyridine rings is 1. The SMILES string of the molecule is Cc1ccc(C)c(NC(=O)C2CCC(C(=O)NCc3ccccn3)CC2)c1. The summed E-state index contributed by atoms with van der Waals surface area (Å²) in [6.45, 7) is 4.47. The Morgan fingerprint density at radius 1 is 1.00 bits per heavy atom. The maximum absolute atomic E-state index is 12.6. The summed E-state index contributed by atoms with van der Waals surface area (Å²) in [7, 11) is 0. The van der Waals surface area contributed by atoms with Crippen LogP contribution in [0.5, 0.6) is 0 Å². The van der Waals surface area contributed by atoms with Gasteiger partial charge in [0.15, 0.2) is 0 Å². The Morgan fingerprint density at radius 2 is 1.70 bits per heavy atom. The van der Waals surface area contributed by atoms with Gasteiger partial charge < -0.3 is 10.6 Å². The van der Waals surface area contributed by atoms with Crippen molar-refractivity contribution in [1.82, 2.24) is 10.3 Å². The topological polar surface area (TPSA) is 71.1 Å². The van der Waals surface area contributed by atoms with Gasteiger partial charge in [-0.2, -0.15) is 0 Å². The Morgan fingerprint density at radius 3 is 2.37 bits per heavy atom. The molecule has 1 aliphatic rings. The van der Waals surface area contributed by atoms with Crippen LogP contribution in [0.15, 0.2) is 42.6 Å². The normalized spacial score (nSPS) is 19.3. The van der Waals surface area contributed by atoms with Crippen molar-refractivity contribution in [3.05, 3.63) is 59.4 Å². The summed E-state index contributed by atoms with van der Waals surface area (Å²) >= 11 is 0. The van der Waals surface area contributed by atoms with Crippen LogP contribution in [-0.4, -0.2) is 16.8 Å². The molecular weight excluding hydrogens is 338 g/mol. The molecule has 1 aliphatic carbocycles. The highest BCUT2D eigenvalue weighted by Gasteiger charge is 2.30. The molecule has 5 nitrogen and oxygen atoms in total. The largest absolute Gasteiger partial charge is 0.350 e. The second kappa shape index (κ2) is 8.80. The molecule has 2 aromatic rings. The zero-order chi connectivity index (χ0) is 19.2. The van der Waals surface area contributed by atoms with Crippen LogP contribution in [-0.2, 0) is 16.1 Å². The average Bonchev–Trinajstić information content (AvgIpc) is 2.70. The molecule has 27 heavy (non-hydrogen) atoms. The molecule has 3 rings (SSSR count). The molecule has 0 atom stereocenters. The number of anilines is 1. The van der Waals surface area contributed by atoms with E-state index < -0.39 is 0 Å². The van der Waals surface area contributed by atoms with Gasteiger partial charge in [-0.25, -0.2) is 0 Å². The standard InChI is InChI=1S/C22H27N3O2/c1-15-6-7-16(2)20(13-15)25-22(27)18-10-8-17(9-11-18)21(26)24-14-19-5-3-4-12-23-19/h3-7,12-13,17-18H,8-11,14H2,1-2H3,(H,24,26)(H,25,27). The molecule has 0 bridgehead atoms. The predicted molar refractivity (Wildman–Crippen MR) is 106 cm³/mol. The third-order valence-corrected chi connectivity index (χ3v) is 5.29. The minimum absolute atomic E-state index is 0.0153. The van der Waals surface area contributed by atoms with Gasteiger partial charge in [-0.15, -0.1) is 0 Å². The van der Waals surface area contributed by atoms with Crippen LogP contribution in [0.25, 0.3) is 0 Å². The van der Waals surface area contributed by atoms with Gasteiger partial charge in [-0.05, 0) is 68.9 Å². The summed E-state index contributed by atoms with van der Waals surface area (Å²) in [5, 5.41) is 6.03. The summed E-state index contributed by atoms with van der Waals surface area (Å²) in [6, 6.07) is 11.7. The predicted octanol–water partition coefficient (Wildman–Crippen LogP) is 3.76. The third kappa shape index (κ3) is 5.16. The lowest BCUT2D eigenvalue weighted by molar-refractivity contribution is -0.128. The number of rotatable bonds is 5. The van der Waals surface area contributed by atoms with Crippen LogP contribution in [0.4, 0.5) is 5.69 Å². The fourth-order valence-corrected chi connectivity index (χ4v) is 3.55. The number of nitrogens with one attached hydrogen (secondary N) is 2. The molecule has 142 valence electrons. The maximum atomic E-state index is 12.6. The van der Waals surface area contributed by atoms with Gasteiger partial charge in [0.25, 0.3) is 0 Å². The van der Waals surface area contributed by atoms with Crippen LogP contribution in [0, 0.1) is 25.7 Å². The van der Waals surface area contributed by atoms with Crippen molar-refractivity contribution < 1.29 is 9.59 Å². The molecule has 0 unspecified atom stereocenters. The number of carbonyl (C=O) groups is 2. The van der Waals surface area contributed by atoms with E-state index in [0.717, 1.165) is 48.2 Å². The van der Waals surface area contributed by atoms with Gasteiger partial charge in [0.2, 0.25) is 11.8 Å². The number of hydrogen-bond acceptors (Lipinski definition) is 3. The second-order valence-corrected chi connectivity index (χ2v) is 7.40. The van der Waals surface area contributed by atoms with Gasteiger partial charge in [-0.3, -0.25) is 14.6 Å². The zero-order valence-corrected chi connectivity index (χ0v) is 16.0. The second-order valence-electron chi connectivity index (χ2n) is 7.40. The first-order valence-electron chi connectivity index (χ1n) is 9.58. The Labute approximate surface area is 160 Å². The highest BCUT2D eigenvalue weighted by atomic mass is 16.2. The van der Waals surface area contributed by atoms with Gasteiger partial charge in [0.1, 0.15) is 0 Å². The van der Waals surface area contributed by atoms with E-state index in [0.29, 0.717) is 6.54 Å². The molecule has 0 radical (unpaired) electrons. The molecule has 2 N–H and O–H groups in total. The molecule has 1 heterocycles. The first-order chi connectivity index (χ1) is 13.0. The van der Waals surface area contributed by atoms with Crippen LogP contribution in [0.3, 0.4) is 0 Å². The Hall–Kier alpha value is -2.69. The molecule has 0 saturated heterocycles. The fraction of sp³-hybridized carbons (Fsp3) is 0.409. The molecule has 1 aromatic carbocycles. The number of benzene rings is 1. The van der Waals surface area contributed by atoms with Crippen molar-refractivity contribution in [2.45, 2.75) is 46.1 Å². The van der Waals surface area contributed by atoms with E-state index in [1.165, 1.54) is 0 Å². The van der Waals surface area contributed by atoms with Crippen LogP contribution in [0.2, 0.25) is 0 Å². The minimum atomic E-state index is -0.0234. The summed E-state index contributed by atoms with van der Waals surface area (Å²) in [6.07, 6.45) is 4.72. The van der Waals surface area contributed by atoms with E-state index in [4.69, 9.17) is 0 Å². The van der Waals surface area contributed by atoms with Gasteiger partial charge in [0.05, 0.1) is 12.2 Å². The highest BCUT2D eigenvalue weighted by molar-refractivity contribution is 5.93. The highest BCUT2D eigenvalue weighted by Crippen LogP contribution is 2.30. The molecule has 0 aliphatic heterocycles. The number of aromatic nitrogens is 1. The Bertz CT molecular complexity index is 796. The van der Waals surface area contributed by atoms with Crippen molar-refractivity contribution >= 4 is 17.5 Å². The van der Waals surface area contributed by atoms with Crippen LogP contribution >= 0.6 is 0 Å². The lowest BCUT2D eigenvalue weighted by Crippen LogP contribution is -2.35. The summed E-state index contributed by atoms with van der Waals surface area (Å²) in [4.78, 5) is 29.2. The van der Waals surface area contributed by atoms with E-state index in [-0.39, 0.29) is 23.7 Å². The number of carbonyl (C=O) groups excluding carboxylic acids is 2. The van der Waals surface area contributed by atoms with Crippen molar-refractivity contribution in [2.75, 3.05) is 5.32 Å². The van der Waals surface area contributed by atoms with E-state index in [1.807, 2.05) is 50.2 Å². The molecule has 0 spiro atoms. The molecule has 1 fully saturated rings. The van der Waals surface area contributed by atoms with Crippen LogP contribution in [0.1, 0.15) is 42.5 Å². The van der Waals surface area contributed by atoms with Gasteiger partial charge in [-0.1, -0.05) is 18.2 Å². The molecule has 1 saturated carbocycles. The lowest BCUT2D eigenvalue weighted by Gasteiger charge is -2.27. The monoisotopic (exact) mass is 365 g/mol. The molecule has 2 amide bonds. The first-order valence-corrected chi connectivity index (χ1v) is 9.58. The van der Waals surface area contributed by atoms with Gasteiger partial charge >= 0.3 is 0 Å². The average molecular weight is 365 g/mol. The van der Waals surface area contributed by atoms with Crippen molar-refractivity contribution in [2.24, 2.45) is 11.8 Å². The van der Waals surface area contributed by atoms with E-state index in [9.17, 15) is 9.59 Å². The van der Waals surface area contributed by atoms with E-state index >= 15 is 0 Å². The number of amides is 2. The zero-order valence-electron chi connectivity index (χ0n) is 16.0. The van der Waals surface area contributed by atoms with Crippen molar-refractivity contribution in [3.63, 3.8) is 0 Å². The number of hydrogen-bond donors (Lipinski definition) is 2. The molecule has 5 heteroatoms. The minimum Gasteiger partial charge on any atom is -0.350 e. The molecule has 1 aromatic heterocycles. The van der Waals surface area contributed by atoms with Crippen LogP contribution < -0.4 is 10.6 Å². The summed E-state index contributed by atoms with van der Waals surface area (Å²) in [5.41, 5.74) is 3.93. The number of nitrogens with zero attached hydrogens (tertiary/aromatic N) is 1. The number of aryl methyl sites for hydroxylation is 2. The van der Waals surface area contributed by atoms with Crippen molar-refractivity contribution in [1.29, 1.82) is 0 Å². The van der Waals surface area contributed by atoms with Gasteiger partial charge in [0, 0.05) is 23.7 Å². The Kier molecular flexibility index (Phi) is 6.22. The first kappa shape index (κ1) is 19.1. The maximum Gasteiger partial charge on any atom is 0.227 e. The lowest BCUT2D eigenvalue weighted by atomic mass is 9.81. The quantitative estimate of drug-likeness (QED) is 0.847. The Balaban J connectivity index is 1.47. The van der Waals surface area contributed by atoms with Crippen molar-refractivity contribution in [3.8, 4) is 0 Å². The summed E-state index contributed by atoms with van der Waals surface area (Å²) < 4.78 is 0. The smallest absolute Gasteiger partial charge is 0.227 e. The van der Waals surface area contributed by atoms with E-state index in [2.05, 4.69) is 15.6 Å².